The molecular weight excluding hydrogens is 508 g/mol. The summed E-state index contributed by atoms with van der Waals surface area (Å²) in [5.41, 5.74) is 0. The monoisotopic (exact) mass is 534 g/mol. The van der Waals surface area contributed by atoms with E-state index in [0.717, 1.165) is 0 Å². The lowest BCUT2D eigenvalue weighted by molar-refractivity contribution is 0.0234. The van der Waals surface area contributed by atoms with E-state index in [9.17, 15) is 9.59 Å². The highest BCUT2D eigenvalue weighted by molar-refractivity contribution is 7.97. The van der Waals surface area contributed by atoms with Crippen LogP contribution in [0.2, 0.25) is 0 Å². The number of esters is 2. The molecule has 0 unspecified atom stereocenters. The summed E-state index contributed by atoms with van der Waals surface area (Å²) in [6, 6.07) is 9.80. The van der Waals surface area contributed by atoms with Crippen LogP contribution in [0.4, 0.5) is 0 Å². The summed E-state index contributed by atoms with van der Waals surface area (Å²) in [6.45, 7) is 1.62. The van der Waals surface area contributed by atoms with Crippen LogP contribution in [-0.4, -0.2) is 75.0 Å². The Morgan fingerprint density at radius 2 is 0.973 bits per heavy atom. The third-order valence-corrected chi connectivity index (χ3v) is 5.68. The van der Waals surface area contributed by atoms with E-state index in [2.05, 4.69) is 10.2 Å². The average Bonchev–Trinajstić information content (AvgIpc) is 3.58. The van der Waals surface area contributed by atoms with Crippen molar-refractivity contribution in [1.82, 2.24) is 10.2 Å². The van der Waals surface area contributed by atoms with Gasteiger partial charge in [0.05, 0.1) is 37.9 Å². The van der Waals surface area contributed by atoms with E-state index in [0.29, 0.717) is 34.8 Å². The van der Waals surface area contributed by atoms with Crippen LogP contribution in [0.3, 0.4) is 0 Å². The van der Waals surface area contributed by atoms with Gasteiger partial charge in [-0.1, -0.05) is 0 Å². The second-order valence-corrected chi connectivity index (χ2v) is 8.41. The highest BCUT2D eigenvalue weighted by Crippen LogP contribution is 2.21. The van der Waals surface area contributed by atoms with Crippen molar-refractivity contribution in [3.63, 3.8) is 0 Å². The van der Waals surface area contributed by atoms with Gasteiger partial charge in [-0.15, -0.1) is 22.0 Å². The molecule has 2 aliphatic heterocycles. The Balaban J connectivity index is 1.29. The van der Waals surface area contributed by atoms with Gasteiger partial charge in [-0.2, -0.15) is 0 Å². The fourth-order valence-electron chi connectivity index (χ4n) is 2.99. The van der Waals surface area contributed by atoms with Crippen molar-refractivity contribution in [2.45, 2.75) is 11.5 Å². The first-order chi connectivity index (χ1) is 18.2. The zero-order valence-electron chi connectivity index (χ0n) is 19.9. The quantitative estimate of drug-likeness (QED) is 0.308. The summed E-state index contributed by atoms with van der Waals surface area (Å²) in [4.78, 5) is 24.3. The molecule has 5 heterocycles. The summed E-state index contributed by atoms with van der Waals surface area (Å²) in [5, 5.41) is 7.84. The van der Waals surface area contributed by atoms with Crippen molar-refractivity contribution in [3.8, 4) is 11.8 Å². The average molecular weight is 535 g/mol. The highest BCUT2D eigenvalue weighted by atomic mass is 32.2. The molecule has 0 saturated heterocycles. The highest BCUT2D eigenvalue weighted by Gasteiger charge is 2.15. The Labute approximate surface area is 216 Å². The zero-order valence-corrected chi connectivity index (χ0v) is 20.7. The summed E-state index contributed by atoms with van der Waals surface area (Å²) < 4.78 is 43.1. The molecule has 6 bridgehead atoms. The number of ether oxygens (including phenoxy) is 6. The Bertz CT molecular complexity index is 1040. The number of hydrogen-bond acceptors (Lipinski definition) is 13. The Hall–Kier alpha value is -3.55. The molecule has 3 aromatic heterocycles. The smallest absolute Gasteiger partial charge is 0.374 e. The van der Waals surface area contributed by atoms with Crippen LogP contribution in [0.1, 0.15) is 32.6 Å². The van der Waals surface area contributed by atoms with Crippen LogP contribution < -0.4 is 9.47 Å². The molecular formula is C24H26N2O10S. The number of carbonyl (C=O) groups excluding carboxylic acids is 2. The predicted octanol–water partition coefficient (Wildman–Crippen LogP) is 2.91. The maximum Gasteiger partial charge on any atom is 0.374 e. The molecule has 5 rings (SSSR count). The van der Waals surface area contributed by atoms with E-state index in [1.165, 1.54) is 11.8 Å². The molecule has 12 nitrogen and oxygen atoms in total. The molecule has 0 saturated carbocycles. The van der Waals surface area contributed by atoms with Gasteiger partial charge in [-0.05, 0) is 24.3 Å². The maximum atomic E-state index is 12.2. The number of nitrogens with zero attached hydrogens (tertiary/aromatic N) is 2. The topological polar surface area (TPSA) is 142 Å². The summed E-state index contributed by atoms with van der Waals surface area (Å²) >= 11 is 1.50. The number of furan rings is 2. The minimum Gasteiger partial charge on any atom is -0.474 e. The van der Waals surface area contributed by atoms with Crippen molar-refractivity contribution in [2.24, 2.45) is 0 Å². The van der Waals surface area contributed by atoms with Crippen molar-refractivity contribution in [1.29, 1.82) is 0 Å². The fourth-order valence-corrected chi connectivity index (χ4v) is 3.80. The van der Waals surface area contributed by atoms with E-state index < -0.39 is 11.9 Å². The number of thioether (sulfide) groups is 1. The molecule has 0 radical (unpaired) electrons. The van der Waals surface area contributed by atoms with Crippen molar-refractivity contribution < 1.29 is 46.8 Å². The van der Waals surface area contributed by atoms with Crippen LogP contribution in [0.5, 0.6) is 11.8 Å². The lowest BCUT2D eigenvalue weighted by Gasteiger charge is -2.08. The molecule has 198 valence electrons. The summed E-state index contributed by atoms with van der Waals surface area (Å²) in [5.74, 6) is 1.95. The number of aromatic nitrogens is 2. The predicted molar refractivity (Wildman–Crippen MR) is 128 cm³/mol. The van der Waals surface area contributed by atoms with Crippen molar-refractivity contribution in [3.05, 3.63) is 59.4 Å². The van der Waals surface area contributed by atoms with Gasteiger partial charge in [0.2, 0.25) is 23.3 Å². The van der Waals surface area contributed by atoms with E-state index in [4.69, 9.17) is 37.3 Å². The maximum absolute atomic E-state index is 12.2. The second-order valence-electron chi connectivity index (χ2n) is 7.43. The SMILES string of the molecule is O=C1OCCOCCOc2ccc(nn2)OCCOCCOC(=O)c2ccc(o2)CSCc2ccc1o2. The lowest BCUT2D eigenvalue weighted by atomic mass is 10.4. The minimum absolute atomic E-state index is 0.0719. The van der Waals surface area contributed by atoms with Gasteiger partial charge in [0, 0.05) is 12.1 Å². The number of hydrogen-bond donors (Lipinski definition) is 0. The first kappa shape index (κ1) is 26.5. The molecule has 0 N–H and O–H groups in total. The summed E-state index contributed by atoms with van der Waals surface area (Å²) in [6.07, 6.45) is 0. The van der Waals surface area contributed by atoms with Gasteiger partial charge in [0.25, 0.3) is 0 Å². The Kier molecular flexibility index (Phi) is 10.2. The summed E-state index contributed by atoms with van der Waals surface area (Å²) in [7, 11) is 0. The van der Waals surface area contributed by atoms with Gasteiger partial charge in [0.1, 0.15) is 37.9 Å². The van der Waals surface area contributed by atoms with Crippen molar-refractivity contribution >= 4 is 23.7 Å². The van der Waals surface area contributed by atoms with E-state index >= 15 is 0 Å². The van der Waals surface area contributed by atoms with Crippen LogP contribution >= 0.6 is 11.8 Å². The van der Waals surface area contributed by atoms with Crippen molar-refractivity contribution in [2.75, 3.05) is 52.9 Å². The lowest BCUT2D eigenvalue weighted by Crippen LogP contribution is -2.14. The van der Waals surface area contributed by atoms with Crippen LogP contribution in [0.25, 0.3) is 0 Å². The Morgan fingerprint density at radius 3 is 1.41 bits per heavy atom. The van der Waals surface area contributed by atoms with Crippen LogP contribution in [-0.2, 0) is 30.5 Å². The first-order valence-corrected chi connectivity index (χ1v) is 12.7. The normalized spacial score (nSPS) is 17.3. The van der Waals surface area contributed by atoms with Crippen LogP contribution in [0, 0.1) is 0 Å². The molecule has 0 aliphatic carbocycles. The van der Waals surface area contributed by atoms with Crippen LogP contribution in [0.15, 0.2) is 45.2 Å². The minimum atomic E-state index is -0.572. The third kappa shape index (κ3) is 8.81. The van der Waals surface area contributed by atoms with Gasteiger partial charge in [-0.25, -0.2) is 9.59 Å². The zero-order chi connectivity index (χ0) is 25.7. The van der Waals surface area contributed by atoms with Gasteiger partial charge in [0.15, 0.2) is 0 Å². The molecule has 0 amide bonds. The van der Waals surface area contributed by atoms with E-state index in [1.54, 1.807) is 36.4 Å². The first-order valence-electron chi connectivity index (χ1n) is 11.5. The third-order valence-electron chi connectivity index (χ3n) is 4.71. The molecule has 0 fully saturated rings. The fraction of sp³-hybridized carbons (Fsp3) is 0.417. The standard InChI is InChI=1S/C24H26N2O10S/c27-23-19-3-1-17(35-19)15-37-16-18-2-4-20(36-18)24(28)34-14-10-30-8-12-32-22-6-5-21(25-26-22)31-11-7-29-9-13-33-23/h1-6H,7-16H2. The molecule has 0 aromatic carbocycles. The van der Waals surface area contributed by atoms with Gasteiger partial charge < -0.3 is 37.3 Å². The molecule has 37 heavy (non-hydrogen) atoms. The van der Waals surface area contributed by atoms with Gasteiger partial charge >= 0.3 is 11.9 Å². The number of rotatable bonds is 0. The molecule has 13 heteroatoms. The number of carbonyl (C=O) groups is 2. The number of fused-ring (bicyclic) bond motifs is 18. The molecule has 2 aliphatic rings. The molecule has 0 spiro atoms. The molecule has 0 atom stereocenters. The van der Waals surface area contributed by atoms with E-state index in [1.807, 2.05) is 0 Å². The largest absolute Gasteiger partial charge is 0.474 e. The Morgan fingerprint density at radius 1 is 0.541 bits per heavy atom. The van der Waals surface area contributed by atoms with E-state index in [-0.39, 0.29) is 64.4 Å². The van der Waals surface area contributed by atoms with Gasteiger partial charge in [-0.3, -0.25) is 0 Å². The molecule has 3 aromatic rings. The second kappa shape index (κ2) is 14.3.